The molecule has 4 radical (unpaired) electrons. The van der Waals surface area contributed by atoms with Crippen LogP contribution in [0.1, 0.15) is 11.3 Å². The molecule has 0 saturated carbocycles. The maximum Gasteiger partial charge on any atom is 0.113 e. The Labute approximate surface area is 53.3 Å². The lowest BCUT2D eigenvalue weighted by Crippen LogP contribution is -1.67. The van der Waals surface area contributed by atoms with E-state index in [0.29, 0.717) is 10.6 Å². The molecule has 0 aromatic carbocycles. The van der Waals surface area contributed by atoms with Gasteiger partial charge < -0.3 is 4.42 Å². The number of hydrogen-bond acceptors (Lipinski definition) is 1. The third kappa shape index (κ3) is 0.736. The smallest absolute Gasteiger partial charge is 0.113 e. The second-order valence-electron chi connectivity index (χ2n) is 1.36. The number of furan rings is 1. The molecule has 0 fully saturated rings. The standard InChI is InChI=1S/C6H3ClO/c1-4-5(2)8-3-6(4)7/h1-3H. The van der Waals surface area contributed by atoms with Gasteiger partial charge in [-0.1, -0.05) is 11.6 Å². The van der Waals surface area contributed by atoms with Crippen LogP contribution in [0.5, 0.6) is 0 Å². The Balaban J connectivity index is 3.19. The summed E-state index contributed by atoms with van der Waals surface area (Å²) < 4.78 is 4.62. The highest BCUT2D eigenvalue weighted by Gasteiger charge is 2.00. The summed E-state index contributed by atoms with van der Waals surface area (Å²) >= 11 is 5.43. The molecule has 0 amide bonds. The summed E-state index contributed by atoms with van der Waals surface area (Å²) in [6.45, 7) is 10.4. The summed E-state index contributed by atoms with van der Waals surface area (Å²) in [4.78, 5) is 0. The first-order valence-electron chi connectivity index (χ1n) is 1.99. The molecule has 0 aliphatic rings. The van der Waals surface area contributed by atoms with E-state index in [-0.39, 0.29) is 5.76 Å². The van der Waals surface area contributed by atoms with Crippen LogP contribution in [0.2, 0.25) is 5.02 Å². The van der Waals surface area contributed by atoms with Crippen molar-refractivity contribution in [2.24, 2.45) is 0 Å². The number of hydrogen-bond donors (Lipinski definition) is 0. The highest BCUT2D eigenvalue weighted by Crippen LogP contribution is 2.19. The summed E-state index contributed by atoms with van der Waals surface area (Å²) in [5.41, 5.74) is 0.312. The van der Waals surface area contributed by atoms with Gasteiger partial charge in [-0.3, -0.25) is 0 Å². The predicted molar refractivity (Wildman–Crippen MR) is 30.5 cm³/mol. The summed E-state index contributed by atoms with van der Waals surface area (Å²) in [6.07, 6.45) is 1.30. The fraction of sp³-hybridized carbons (Fsp3) is 0. The van der Waals surface area contributed by atoms with Gasteiger partial charge in [-0.05, 0) is 0 Å². The molecule has 0 atom stereocenters. The minimum absolute atomic E-state index is 0.176. The van der Waals surface area contributed by atoms with Crippen LogP contribution in [0, 0.1) is 13.8 Å². The minimum atomic E-state index is 0.176. The summed E-state index contributed by atoms with van der Waals surface area (Å²) in [5.74, 6) is 0.176. The average Bonchev–Trinajstić information content (AvgIpc) is 1.98. The Morgan fingerprint density at radius 3 is 2.25 bits per heavy atom. The van der Waals surface area contributed by atoms with Crippen LogP contribution < -0.4 is 0 Å². The second-order valence-corrected chi connectivity index (χ2v) is 1.77. The zero-order valence-corrected chi connectivity index (χ0v) is 4.77. The molecule has 0 aliphatic heterocycles. The highest BCUT2D eigenvalue weighted by atomic mass is 35.5. The van der Waals surface area contributed by atoms with E-state index in [1.54, 1.807) is 0 Å². The fourth-order valence-electron chi connectivity index (χ4n) is 0.360. The normalized spacial score (nSPS) is 9.88. The van der Waals surface area contributed by atoms with E-state index in [4.69, 9.17) is 25.4 Å². The van der Waals surface area contributed by atoms with E-state index in [2.05, 4.69) is 4.42 Å². The maximum absolute atomic E-state index is 5.43. The Hall–Kier alpha value is -0.430. The molecule has 0 bridgehead atoms. The molecular weight excluding hydrogens is 124 g/mol. The monoisotopic (exact) mass is 126 g/mol. The molecular formula is C6H3ClO. The van der Waals surface area contributed by atoms with Gasteiger partial charge in [0.05, 0.1) is 5.02 Å². The fourth-order valence-corrected chi connectivity index (χ4v) is 0.498. The van der Waals surface area contributed by atoms with Crippen LogP contribution in [-0.4, -0.2) is 0 Å². The molecule has 1 nitrogen and oxygen atoms in total. The van der Waals surface area contributed by atoms with Crippen molar-refractivity contribution in [2.75, 3.05) is 0 Å². The van der Waals surface area contributed by atoms with Crippen molar-refractivity contribution in [2.45, 2.75) is 0 Å². The SMILES string of the molecule is [CH]c1occ(Cl)c1[CH]. The van der Waals surface area contributed by atoms with Crippen molar-refractivity contribution in [1.82, 2.24) is 0 Å². The molecule has 0 unspecified atom stereocenters. The molecule has 40 valence electrons. The average molecular weight is 127 g/mol. The lowest BCUT2D eigenvalue weighted by Gasteiger charge is -1.81. The zero-order valence-electron chi connectivity index (χ0n) is 4.02. The zero-order chi connectivity index (χ0) is 6.15. The van der Waals surface area contributed by atoms with E-state index in [0.717, 1.165) is 0 Å². The molecule has 8 heavy (non-hydrogen) atoms. The van der Waals surface area contributed by atoms with E-state index in [9.17, 15) is 0 Å². The van der Waals surface area contributed by atoms with Crippen LogP contribution >= 0.6 is 11.6 Å². The third-order valence-electron chi connectivity index (χ3n) is 0.812. The lowest BCUT2D eigenvalue weighted by molar-refractivity contribution is 0.547. The first-order chi connectivity index (χ1) is 3.72. The van der Waals surface area contributed by atoms with Crippen LogP contribution in [0.25, 0.3) is 0 Å². The topological polar surface area (TPSA) is 13.1 Å². The Morgan fingerprint density at radius 2 is 2.12 bits per heavy atom. The van der Waals surface area contributed by atoms with Gasteiger partial charge in [0.2, 0.25) is 0 Å². The first-order valence-corrected chi connectivity index (χ1v) is 2.37. The van der Waals surface area contributed by atoms with Gasteiger partial charge in [0.1, 0.15) is 12.0 Å². The minimum Gasteiger partial charge on any atom is -0.467 e. The Bertz CT molecular complexity index is 171. The Kier molecular flexibility index (Phi) is 1.30. The summed E-state index contributed by atoms with van der Waals surface area (Å²) in [5, 5.41) is 0.363. The maximum atomic E-state index is 5.43. The van der Waals surface area contributed by atoms with Crippen LogP contribution in [0.4, 0.5) is 0 Å². The van der Waals surface area contributed by atoms with Crippen molar-refractivity contribution >= 4 is 11.6 Å². The first kappa shape index (κ1) is 5.70. The van der Waals surface area contributed by atoms with Crippen LogP contribution in [0.15, 0.2) is 10.7 Å². The third-order valence-corrected chi connectivity index (χ3v) is 1.10. The van der Waals surface area contributed by atoms with E-state index < -0.39 is 0 Å². The molecule has 0 saturated heterocycles. The Morgan fingerprint density at radius 1 is 1.50 bits per heavy atom. The van der Waals surface area contributed by atoms with Gasteiger partial charge in [0, 0.05) is 19.4 Å². The molecule has 2 heteroatoms. The van der Waals surface area contributed by atoms with E-state index in [1.807, 2.05) is 0 Å². The van der Waals surface area contributed by atoms with Crippen LogP contribution in [-0.2, 0) is 0 Å². The van der Waals surface area contributed by atoms with Gasteiger partial charge in [-0.2, -0.15) is 0 Å². The molecule has 0 N–H and O–H groups in total. The molecule has 0 aliphatic carbocycles. The van der Waals surface area contributed by atoms with Gasteiger partial charge in [0.25, 0.3) is 0 Å². The van der Waals surface area contributed by atoms with Crippen LogP contribution in [0.3, 0.4) is 0 Å². The van der Waals surface area contributed by atoms with Crippen molar-refractivity contribution in [3.63, 3.8) is 0 Å². The van der Waals surface area contributed by atoms with Crippen molar-refractivity contribution in [3.8, 4) is 0 Å². The van der Waals surface area contributed by atoms with Gasteiger partial charge >= 0.3 is 0 Å². The van der Waals surface area contributed by atoms with Gasteiger partial charge in [0.15, 0.2) is 0 Å². The van der Waals surface area contributed by atoms with Gasteiger partial charge in [-0.25, -0.2) is 0 Å². The number of rotatable bonds is 0. The lowest BCUT2D eigenvalue weighted by atomic mass is 10.3. The second kappa shape index (κ2) is 1.82. The predicted octanol–water partition coefficient (Wildman–Crippen LogP) is 2.05. The number of halogens is 1. The summed E-state index contributed by atoms with van der Waals surface area (Å²) in [7, 11) is 0. The van der Waals surface area contributed by atoms with Gasteiger partial charge in [-0.15, -0.1) is 0 Å². The van der Waals surface area contributed by atoms with E-state index in [1.165, 1.54) is 6.26 Å². The molecule has 1 rings (SSSR count). The van der Waals surface area contributed by atoms with Crippen molar-refractivity contribution in [1.29, 1.82) is 0 Å². The quantitative estimate of drug-likeness (QED) is 0.519. The molecule has 1 heterocycles. The summed E-state index contributed by atoms with van der Waals surface area (Å²) in [6, 6.07) is 0. The largest absolute Gasteiger partial charge is 0.467 e. The van der Waals surface area contributed by atoms with Crippen molar-refractivity contribution in [3.05, 3.63) is 36.5 Å². The van der Waals surface area contributed by atoms with Crippen molar-refractivity contribution < 1.29 is 4.42 Å². The molecule has 0 spiro atoms. The molecule has 1 aromatic heterocycles. The molecule has 1 aromatic rings. The highest BCUT2D eigenvalue weighted by molar-refractivity contribution is 6.31. The van der Waals surface area contributed by atoms with E-state index >= 15 is 0 Å².